The first-order valence-corrected chi connectivity index (χ1v) is 5.98. The normalized spacial score (nSPS) is 10.7. The van der Waals surface area contributed by atoms with Crippen LogP contribution in [0.5, 0.6) is 11.5 Å². The van der Waals surface area contributed by atoms with Gasteiger partial charge in [0.25, 0.3) is 5.91 Å². The molecule has 0 atom stereocenters. The smallest absolute Gasteiger partial charge is 0.271 e. The number of nitrogens with zero attached hydrogens (tertiary/aromatic N) is 1. The van der Waals surface area contributed by atoms with Gasteiger partial charge in [0.05, 0.1) is 6.21 Å². The topological polar surface area (TPSA) is 81.9 Å². The minimum atomic E-state index is -0.343. The van der Waals surface area contributed by atoms with E-state index in [9.17, 15) is 15.0 Å². The number of rotatable bonds is 3. The van der Waals surface area contributed by atoms with Crippen molar-refractivity contribution in [3.05, 3.63) is 59.2 Å². The van der Waals surface area contributed by atoms with Crippen LogP contribution >= 0.6 is 0 Å². The zero-order chi connectivity index (χ0) is 14.5. The van der Waals surface area contributed by atoms with Gasteiger partial charge in [-0.3, -0.25) is 4.79 Å². The maximum absolute atomic E-state index is 11.8. The molecule has 0 unspecified atom stereocenters. The Morgan fingerprint density at radius 3 is 2.75 bits per heavy atom. The monoisotopic (exact) mass is 270 g/mol. The Labute approximate surface area is 116 Å². The van der Waals surface area contributed by atoms with Crippen LogP contribution in [0.1, 0.15) is 21.5 Å². The molecule has 2 rings (SSSR count). The zero-order valence-corrected chi connectivity index (χ0v) is 10.9. The van der Waals surface area contributed by atoms with Crippen LogP contribution in [0.25, 0.3) is 0 Å². The molecule has 0 aromatic heterocycles. The molecular formula is C15H14N2O3. The molecule has 0 bridgehead atoms. The molecule has 2 aromatic rings. The highest BCUT2D eigenvalue weighted by atomic mass is 16.3. The lowest BCUT2D eigenvalue weighted by Crippen LogP contribution is -2.17. The average molecular weight is 270 g/mol. The van der Waals surface area contributed by atoms with Crippen LogP contribution in [0.15, 0.2) is 47.6 Å². The maximum atomic E-state index is 11.8. The van der Waals surface area contributed by atoms with Gasteiger partial charge in [-0.05, 0) is 37.3 Å². The number of carbonyl (C=O) groups is 1. The van der Waals surface area contributed by atoms with Crippen LogP contribution in [0.3, 0.4) is 0 Å². The number of nitrogens with one attached hydrogen (secondary N) is 1. The summed E-state index contributed by atoms with van der Waals surface area (Å²) in [7, 11) is 0. The standard InChI is InChI=1S/C15H14N2O3/c1-10-3-2-4-11(7-10)15(20)17-16-9-12-8-13(18)5-6-14(12)19/h2-9,18-19H,1H3,(H,17,20). The van der Waals surface area contributed by atoms with Crippen molar-refractivity contribution in [3.63, 3.8) is 0 Å². The summed E-state index contributed by atoms with van der Waals surface area (Å²) in [5, 5.41) is 22.6. The van der Waals surface area contributed by atoms with E-state index in [1.807, 2.05) is 13.0 Å². The molecular weight excluding hydrogens is 256 g/mol. The fraction of sp³-hybridized carbons (Fsp3) is 0.0667. The first-order chi connectivity index (χ1) is 9.56. The minimum absolute atomic E-state index is 0.00857. The van der Waals surface area contributed by atoms with Crippen molar-refractivity contribution in [3.8, 4) is 11.5 Å². The zero-order valence-electron chi connectivity index (χ0n) is 10.9. The van der Waals surface area contributed by atoms with E-state index in [0.717, 1.165) is 5.56 Å². The van der Waals surface area contributed by atoms with Crippen LogP contribution in [-0.4, -0.2) is 22.3 Å². The molecule has 0 saturated carbocycles. The summed E-state index contributed by atoms with van der Waals surface area (Å²) in [6.07, 6.45) is 1.27. The maximum Gasteiger partial charge on any atom is 0.271 e. The molecule has 3 N–H and O–H groups in total. The number of hydrogen-bond acceptors (Lipinski definition) is 4. The Bertz CT molecular complexity index is 666. The summed E-state index contributed by atoms with van der Waals surface area (Å²) in [5.41, 5.74) is 4.15. The second-order valence-electron chi connectivity index (χ2n) is 4.31. The van der Waals surface area contributed by atoms with Crippen molar-refractivity contribution < 1.29 is 15.0 Å². The molecule has 0 aliphatic rings. The van der Waals surface area contributed by atoms with Crippen molar-refractivity contribution in [2.24, 2.45) is 5.10 Å². The number of hydrogen-bond donors (Lipinski definition) is 3. The molecule has 2 aromatic carbocycles. The van der Waals surface area contributed by atoms with E-state index in [4.69, 9.17) is 0 Å². The van der Waals surface area contributed by atoms with E-state index < -0.39 is 0 Å². The average Bonchev–Trinajstić information content (AvgIpc) is 2.42. The van der Waals surface area contributed by atoms with Gasteiger partial charge in [0.2, 0.25) is 0 Å². The molecule has 0 heterocycles. The number of amides is 1. The molecule has 0 saturated heterocycles. The third-order valence-corrected chi connectivity index (χ3v) is 2.66. The van der Waals surface area contributed by atoms with Gasteiger partial charge < -0.3 is 10.2 Å². The van der Waals surface area contributed by atoms with Gasteiger partial charge in [0.1, 0.15) is 11.5 Å². The number of phenols is 2. The second kappa shape index (κ2) is 5.88. The quantitative estimate of drug-likeness (QED) is 0.454. The van der Waals surface area contributed by atoms with Gasteiger partial charge in [-0.15, -0.1) is 0 Å². The highest BCUT2D eigenvalue weighted by molar-refractivity contribution is 5.95. The molecule has 0 fully saturated rings. The molecule has 102 valence electrons. The summed E-state index contributed by atoms with van der Waals surface area (Å²) in [4.78, 5) is 11.8. The van der Waals surface area contributed by atoms with E-state index in [1.165, 1.54) is 24.4 Å². The highest BCUT2D eigenvalue weighted by Gasteiger charge is 2.04. The molecule has 0 spiro atoms. The van der Waals surface area contributed by atoms with E-state index in [2.05, 4.69) is 10.5 Å². The van der Waals surface area contributed by atoms with E-state index in [-0.39, 0.29) is 17.4 Å². The molecule has 20 heavy (non-hydrogen) atoms. The van der Waals surface area contributed by atoms with Crippen molar-refractivity contribution in [2.75, 3.05) is 0 Å². The number of aryl methyl sites for hydroxylation is 1. The van der Waals surface area contributed by atoms with Crippen LogP contribution in [-0.2, 0) is 0 Å². The van der Waals surface area contributed by atoms with Crippen LogP contribution in [0.4, 0.5) is 0 Å². The lowest BCUT2D eigenvalue weighted by molar-refractivity contribution is 0.0955. The Hall–Kier alpha value is -2.82. The van der Waals surface area contributed by atoms with Gasteiger partial charge in [-0.1, -0.05) is 17.7 Å². The lowest BCUT2D eigenvalue weighted by atomic mass is 10.1. The first-order valence-electron chi connectivity index (χ1n) is 5.98. The third kappa shape index (κ3) is 3.35. The fourth-order valence-corrected chi connectivity index (χ4v) is 1.66. The summed E-state index contributed by atoms with van der Waals surface area (Å²) < 4.78 is 0. The Kier molecular flexibility index (Phi) is 4.00. The number of benzene rings is 2. The number of phenolic OH excluding ortho intramolecular Hbond substituents is 2. The van der Waals surface area contributed by atoms with E-state index in [0.29, 0.717) is 11.1 Å². The second-order valence-corrected chi connectivity index (χ2v) is 4.31. The molecule has 1 amide bonds. The molecule has 0 aliphatic carbocycles. The summed E-state index contributed by atoms with van der Waals surface area (Å²) in [6.45, 7) is 1.89. The molecule has 0 radical (unpaired) electrons. The summed E-state index contributed by atoms with van der Waals surface area (Å²) in [5.74, 6) is -0.366. The highest BCUT2D eigenvalue weighted by Crippen LogP contribution is 2.19. The first kappa shape index (κ1) is 13.6. The number of aromatic hydroxyl groups is 2. The van der Waals surface area contributed by atoms with Gasteiger partial charge in [-0.2, -0.15) is 5.10 Å². The van der Waals surface area contributed by atoms with Crippen molar-refractivity contribution in [2.45, 2.75) is 6.92 Å². The minimum Gasteiger partial charge on any atom is -0.508 e. The third-order valence-electron chi connectivity index (χ3n) is 2.66. The SMILES string of the molecule is Cc1cccc(C(=O)NN=Cc2cc(O)ccc2O)c1. The predicted octanol–water partition coefficient (Wildman–Crippen LogP) is 2.17. The largest absolute Gasteiger partial charge is 0.508 e. The van der Waals surface area contributed by atoms with Gasteiger partial charge >= 0.3 is 0 Å². The van der Waals surface area contributed by atoms with E-state index in [1.54, 1.807) is 18.2 Å². The van der Waals surface area contributed by atoms with Crippen LogP contribution in [0, 0.1) is 6.92 Å². The Morgan fingerprint density at radius 1 is 1.20 bits per heavy atom. The Balaban J connectivity index is 2.06. The summed E-state index contributed by atoms with van der Waals surface area (Å²) in [6, 6.07) is 11.2. The number of hydrazone groups is 1. The summed E-state index contributed by atoms with van der Waals surface area (Å²) >= 11 is 0. The van der Waals surface area contributed by atoms with Gasteiger partial charge in [0, 0.05) is 11.1 Å². The van der Waals surface area contributed by atoms with Gasteiger partial charge in [-0.25, -0.2) is 5.43 Å². The van der Waals surface area contributed by atoms with Crippen molar-refractivity contribution in [1.82, 2.24) is 5.43 Å². The van der Waals surface area contributed by atoms with Crippen molar-refractivity contribution >= 4 is 12.1 Å². The Morgan fingerprint density at radius 2 is 2.00 bits per heavy atom. The van der Waals surface area contributed by atoms with Gasteiger partial charge in [0.15, 0.2) is 0 Å². The number of carbonyl (C=O) groups excluding carboxylic acids is 1. The van der Waals surface area contributed by atoms with Crippen molar-refractivity contribution in [1.29, 1.82) is 0 Å². The van der Waals surface area contributed by atoms with Crippen LogP contribution < -0.4 is 5.43 Å². The van der Waals surface area contributed by atoms with Crippen LogP contribution in [0.2, 0.25) is 0 Å². The molecule has 0 aliphatic heterocycles. The molecule has 5 nitrogen and oxygen atoms in total. The molecule has 5 heteroatoms. The fourth-order valence-electron chi connectivity index (χ4n) is 1.66. The predicted molar refractivity (Wildman–Crippen MR) is 76.0 cm³/mol. The van der Waals surface area contributed by atoms with E-state index >= 15 is 0 Å². The lowest BCUT2D eigenvalue weighted by Gasteiger charge is -2.02.